The Morgan fingerprint density at radius 3 is 2.53 bits per heavy atom. The molecule has 1 aromatic carbocycles. The molecule has 2 aromatic rings. The SMILES string of the molecule is Cc1cc(F)ccc1-n1nc(C(C)C)cc1N. The fraction of sp³-hybridized carbons (Fsp3) is 0.308. The minimum atomic E-state index is -0.249. The summed E-state index contributed by atoms with van der Waals surface area (Å²) >= 11 is 0. The van der Waals surface area contributed by atoms with Crippen LogP contribution in [0.15, 0.2) is 24.3 Å². The van der Waals surface area contributed by atoms with E-state index in [0.717, 1.165) is 16.9 Å². The first-order valence-electron chi connectivity index (χ1n) is 5.61. The summed E-state index contributed by atoms with van der Waals surface area (Å²) in [6.45, 7) is 5.96. The molecule has 0 saturated heterocycles. The molecule has 0 fully saturated rings. The molecule has 0 aliphatic rings. The van der Waals surface area contributed by atoms with Gasteiger partial charge in [-0.05, 0) is 36.6 Å². The van der Waals surface area contributed by atoms with Gasteiger partial charge in [-0.15, -0.1) is 0 Å². The number of anilines is 1. The van der Waals surface area contributed by atoms with Crippen LogP contribution >= 0.6 is 0 Å². The summed E-state index contributed by atoms with van der Waals surface area (Å²) in [5.41, 5.74) is 8.49. The fourth-order valence-corrected chi connectivity index (χ4v) is 1.75. The minimum Gasteiger partial charge on any atom is -0.384 e. The second kappa shape index (κ2) is 4.20. The van der Waals surface area contributed by atoms with Crippen LogP contribution < -0.4 is 5.73 Å². The molecule has 1 heterocycles. The molecule has 0 unspecified atom stereocenters. The molecule has 2 N–H and O–H groups in total. The van der Waals surface area contributed by atoms with Gasteiger partial charge < -0.3 is 5.73 Å². The van der Waals surface area contributed by atoms with Gasteiger partial charge in [-0.1, -0.05) is 13.8 Å². The van der Waals surface area contributed by atoms with Crippen LogP contribution in [0.3, 0.4) is 0 Å². The van der Waals surface area contributed by atoms with Gasteiger partial charge in [-0.2, -0.15) is 5.10 Å². The Hall–Kier alpha value is -1.84. The number of rotatable bonds is 2. The predicted octanol–water partition coefficient (Wildman–Crippen LogP) is 3.03. The fourth-order valence-electron chi connectivity index (χ4n) is 1.75. The van der Waals surface area contributed by atoms with E-state index in [9.17, 15) is 4.39 Å². The summed E-state index contributed by atoms with van der Waals surface area (Å²) in [7, 11) is 0. The van der Waals surface area contributed by atoms with Crippen molar-refractivity contribution in [1.82, 2.24) is 9.78 Å². The van der Waals surface area contributed by atoms with E-state index < -0.39 is 0 Å². The number of hydrogen-bond donors (Lipinski definition) is 1. The first kappa shape index (κ1) is 11.6. The molecule has 0 bridgehead atoms. The van der Waals surface area contributed by atoms with Gasteiger partial charge in [0.15, 0.2) is 0 Å². The van der Waals surface area contributed by atoms with Crippen LogP contribution in [0, 0.1) is 12.7 Å². The average Bonchev–Trinajstić information content (AvgIpc) is 2.61. The number of nitrogen functional groups attached to an aromatic ring is 1. The molecular weight excluding hydrogens is 217 g/mol. The molecule has 2 rings (SSSR count). The van der Waals surface area contributed by atoms with Crippen molar-refractivity contribution in [1.29, 1.82) is 0 Å². The number of benzene rings is 1. The summed E-state index contributed by atoms with van der Waals surface area (Å²) in [6.07, 6.45) is 0. The van der Waals surface area contributed by atoms with Crippen LogP contribution in [0.5, 0.6) is 0 Å². The van der Waals surface area contributed by atoms with Crippen LogP contribution in [0.4, 0.5) is 10.2 Å². The van der Waals surface area contributed by atoms with Crippen LogP contribution in [0.25, 0.3) is 5.69 Å². The highest BCUT2D eigenvalue weighted by atomic mass is 19.1. The third-order valence-electron chi connectivity index (χ3n) is 2.73. The van der Waals surface area contributed by atoms with Gasteiger partial charge in [0.1, 0.15) is 11.6 Å². The first-order valence-corrected chi connectivity index (χ1v) is 5.61. The monoisotopic (exact) mass is 233 g/mol. The van der Waals surface area contributed by atoms with Crippen LogP contribution in [-0.4, -0.2) is 9.78 Å². The van der Waals surface area contributed by atoms with Crippen molar-refractivity contribution in [2.75, 3.05) is 5.73 Å². The molecule has 0 amide bonds. The molecule has 3 nitrogen and oxygen atoms in total. The summed E-state index contributed by atoms with van der Waals surface area (Å²) in [5.74, 6) is 0.642. The topological polar surface area (TPSA) is 43.8 Å². The summed E-state index contributed by atoms with van der Waals surface area (Å²) < 4.78 is 14.7. The van der Waals surface area contributed by atoms with Gasteiger partial charge >= 0.3 is 0 Å². The highest BCUT2D eigenvalue weighted by Crippen LogP contribution is 2.22. The van der Waals surface area contributed by atoms with E-state index in [1.54, 1.807) is 10.7 Å². The highest BCUT2D eigenvalue weighted by Gasteiger charge is 2.11. The number of halogens is 1. The van der Waals surface area contributed by atoms with Crippen molar-refractivity contribution in [2.24, 2.45) is 0 Å². The summed E-state index contributed by atoms with van der Waals surface area (Å²) in [6, 6.07) is 6.44. The Balaban J connectivity index is 2.52. The van der Waals surface area contributed by atoms with E-state index in [1.807, 2.05) is 13.0 Å². The highest BCUT2D eigenvalue weighted by molar-refractivity contribution is 5.47. The van der Waals surface area contributed by atoms with Crippen molar-refractivity contribution in [3.63, 3.8) is 0 Å². The Morgan fingerprint density at radius 2 is 2.00 bits per heavy atom. The van der Waals surface area contributed by atoms with E-state index in [4.69, 9.17) is 5.73 Å². The van der Waals surface area contributed by atoms with E-state index in [2.05, 4.69) is 18.9 Å². The number of aryl methyl sites for hydroxylation is 1. The lowest BCUT2D eigenvalue weighted by atomic mass is 10.1. The quantitative estimate of drug-likeness (QED) is 0.866. The molecule has 0 aliphatic carbocycles. The zero-order valence-corrected chi connectivity index (χ0v) is 10.2. The number of aromatic nitrogens is 2. The van der Waals surface area contributed by atoms with E-state index >= 15 is 0 Å². The maximum absolute atomic E-state index is 13.0. The normalized spacial score (nSPS) is 11.1. The molecule has 0 saturated carbocycles. The maximum Gasteiger partial charge on any atom is 0.127 e. The van der Waals surface area contributed by atoms with Gasteiger partial charge in [0, 0.05) is 6.07 Å². The molecule has 0 aliphatic heterocycles. The zero-order chi connectivity index (χ0) is 12.6. The second-order valence-corrected chi connectivity index (χ2v) is 4.49. The van der Waals surface area contributed by atoms with Crippen LogP contribution in [-0.2, 0) is 0 Å². The van der Waals surface area contributed by atoms with Gasteiger partial charge in [0.2, 0.25) is 0 Å². The Bertz CT molecular complexity index is 544. The number of nitrogens with zero attached hydrogens (tertiary/aromatic N) is 2. The average molecular weight is 233 g/mol. The van der Waals surface area contributed by atoms with Crippen molar-refractivity contribution in [3.05, 3.63) is 41.3 Å². The lowest BCUT2D eigenvalue weighted by molar-refractivity contribution is 0.625. The lowest BCUT2D eigenvalue weighted by Crippen LogP contribution is -2.04. The molecule has 90 valence electrons. The Morgan fingerprint density at radius 1 is 1.29 bits per heavy atom. The third kappa shape index (κ3) is 2.16. The number of hydrogen-bond acceptors (Lipinski definition) is 2. The molecule has 17 heavy (non-hydrogen) atoms. The Kier molecular flexibility index (Phi) is 2.88. The predicted molar refractivity (Wildman–Crippen MR) is 66.8 cm³/mol. The maximum atomic E-state index is 13.0. The third-order valence-corrected chi connectivity index (χ3v) is 2.73. The van der Waals surface area contributed by atoms with E-state index in [0.29, 0.717) is 11.7 Å². The van der Waals surface area contributed by atoms with Crippen molar-refractivity contribution < 1.29 is 4.39 Å². The van der Waals surface area contributed by atoms with Gasteiger partial charge in [-0.3, -0.25) is 0 Å². The van der Waals surface area contributed by atoms with Crippen molar-refractivity contribution >= 4 is 5.82 Å². The van der Waals surface area contributed by atoms with Gasteiger partial charge in [-0.25, -0.2) is 9.07 Å². The standard InChI is InChI=1S/C13H16FN3/c1-8(2)11-7-13(15)17(16-11)12-5-4-10(14)6-9(12)3/h4-8H,15H2,1-3H3. The van der Waals surface area contributed by atoms with Gasteiger partial charge in [0.05, 0.1) is 11.4 Å². The van der Waals surface area contributed by atoms with Crippen LogP contribution in [0.2, 0.25) is 0 Å². The van der Waals surface area contributed by atoms with E-state index in [1.165, 1.54) is 12.1 Å². The molecule has 0 spiro atoms. The first-order chi connectivity index (χ1) is 7.99. The van der Waals surface area contributed by atoms with Crippen molar-refractivity contribution in [2.45, 2.75) is 26.7 Å². The molecule has 0 atom stereocenters. The summed E-state index contributed by atoms with van der Waals surface area (Å²) in [4.78, 5) is 0. The molecular formula is C13H16FN3. The summed E-state index contributed by atoms with van der Waals surface area (Å²) in [5, 5.41) is 4.44. The van der Waals surface area contributed by atoms with Crippen molar-refractivity contribution in [3.8, 4) is 5.69 Å². The lowest BCUT2D eigenvalue weighted by Gasteiger charge is -2.07. The minimum absolute atomic E-state index is 0.249. The number of nitrogens with two attached hydrogens (primary N) is 1. The Labute approximate surface area is 100 Å². The molecule has 4 heteroatoms. The van der Waals surface area contributed by atoms with Crippen LogP contribution in [0.1, 0.15) is 31.0 Å². The molecule has 1 aromatic heterocycles. The molecule has 0 radical (unpaired) electrons. The second-order valence-electron chi connectivity index (χ2n) is 4.49. The zero-order valence-electron chi connectivity index (χ0n) is 10.2. The smallest absolute Gasteiger partial charge is 0.127 e. The van der Waals surface area contributed by atoms with Gasteiger partial charge in [0.25, 0.3) is 0 Å². The van der Waals surface area contributed by atoms with E-state index in [-0.39, 0.29) is 5.82 Å². The largest absolute Gasteiger partial charge is 0.384 e.